The summed E-state index contributed by atoms with van der Waals surface area (Å²) in [5.74, 6) is -1.38. The topological polar surface area (TPSA) is 82.5 Å². The van der Waals surface area contributed by atoms with Crippen molar-refractivity contribution in [2.45, 2.75) is 18.9 Å². The average molecular weight is 374 g/mol. The van der Waals surface area contributed by atoms with Crippen LogP contribution in [0.5, 0.6) is 0 Å². The molecule has 6 nitrogen and oxygen atoms in total. The van der Waals surface area contributed by atoms with Gasteiger partial charge in [-0.25, -0.2) is 4.79 Å². The van der Waals surface area contributed by atoms with Gasteiger partial charge in [0.1, 0.15) is 0 Å². The van der Waals surface area contributed by atoms with Gasteiger partial charge in [0, 0.05) is 24.3 Å². The number of carbonyl (C=O) groups excluding carboxylic acids is 1. The molecule has 1 aliphatic rings. The summed E-state index contributed by atoms with van der Waals surface area (Å²) in [6.07, 6.45) is 2.94. The highest BCUT2D eigenvalue weighted by molar-refractivity contribution is 6.30. The third-order valence-corrected chi connectivity index (χ3v) is 4.73. The van der Waals surface area contributed by atoms with Crippen LogP contribution >= 0.6 is 11.6 Å². The summed E-state index contributed by atoms with van der Waals surface area (Å²) in [5.41, 5.74) is 1.51. The quantitative estimate of drug-likeness (QED) is 0.861. The predicted molar refractivity (Wildman–Crippen MR) is 98.0 cm³/mol. The monoisotopic (exact) mass is 373 g/mol. The van der Waals surface area contributed by atoms with Crippen LogP contribution in [0, 0.1) is 5.92 Å². The number of urea groups is 1. The van der Waals surface area contributed by atoms with E-state index in [0.29, 0.717) is 30.1 Å². The number of likely N-dealkylation sites (tertiary alicyclic amines) is 1. The molecule has 136 valence electrons. The Kier molecular flexibility index (Phi) is 5.73. The highest BCUT2D eigenvalue weighted by atomic mass is 35.5. The van der Waals surface area contributed by atoms with Gasteiger partial charge in [-0.05, 0) is 42.7 Å². The lowest BCUT2D eigenvalue weighted by Crippen LogP contribution is -2.48. The number of aliphatic carboxylic acids is 1. The fourth-order valence-corrected chi connectivity index (χ4v) is 3.34. The first kappa shape index (κ1) is 18.2. The maximum atomic E-state index is 12.8. The van der Waals surface area contributed by atoms with Gasteiger partial charge in [0.05, 0.1) is 17.7 Å². The number of piperidine rings is 1. The number of carboxylic acid groups (broad SMARTS) is 1. The van der Waals surface area contributed by atoms with Crippen LogP contribution < -0.4 is 5.32 Å². The van der Waals surface area contributed by atoms with Crippen LogP contribution in [0.4, 0.5) is 4.79 Å². The SMILES string of the molecule is O=C(O)C1CCCN(C(=O)NC(c2cccc(Cl)c2)c2ccccn2)C1. The fraction of sp³-hybridized carbons (Fsp3) is 0.316. The van der Waals surface area contributed by atoms with Crippen LogP contribution in [0.2, 0.25) is 5.02 Å². The van der Waals surface area contributed by atoms with E-state index < -0.39 is 17.9 Å². The molecule has 0 spiro atoms. The number of hydrogen-bond donors (Lipinski definition) is 2. The minimum Gasteiger partial charge on any atom is -0.481 e. The van der Waals surface area contributed by atoms with Gasteiger partial charge in [-0.3, -0.25) is 9.78 Å². The second-order valence-corrected chi connectivity index (χ2v) is 6.75. The van der Waals surface area contributed by atoms with Crippen molar-refractivity contribution in [3.05, 3.63) is 64.9 Å². The number of nitrogens with one attached hydrogen (secondary N) is 1. The van der Waals surface area contributed by atoms with E-state index >= 15 is 0 Å². The molecule has 26 heavy (non-hydrogen) atoms. The van der Waals surface area contributed by atoms with Crippen LogP contribution in [0.3, 0.4) is 0 Å². The Morgan fingerprint density at radius 3 is 2.81 bits per heavy atom. The molecule has 2 unspecified atom stereocenters. The number of benzene rings is 1. The van der Waals surface area contributed by atoms with Crippen LogP contribution in [-0.2, 0) is 4.79 Å². The number of rotatable bonds is 4. The molecule has 2 N–H and O–H groups in total. The van der Waals surface area contributed by atoms with Crippen molar-refractivity contribution in [1.29, 1.82) is 0 Å². The van der Waals surface area contributed by atoms with E-state index in [9.17, 15) is 14.7 Å². The normalized spacial score (nSPS) is 18.2. The van der Waals surface area contributed by atoms with Crippen molar-refractivity contribution < 1.29 is 14.7 Å². The Hall–Kier alpha value is -2.60. The zero-order valence-corrected chi connectivity index (χ0v) is 14.9. The van der Waals surface area contributed by atoms with E-state index in [2.05, 4.69) is 10.3 Å². The standard InChI is InChI=1S/C19H20ClN3O3/c20-15-7-3-5-13(11-15)17(16-8-1-2-9-21-16)22-19(26)23-10-4-6-14(12-23)18(24)25/h1-3,5,7-9,11,14,17H,4,6,10,12H2,(H,22,26)(H,24,25). The van der Waals surface area contributed by atoms with Gasteiger partial charge < -0.3 is 15.3 Å². The highest BCUT2D eigenvalue weighted by Crippen LogP contribution is 2.24. The molecular weight excluding hydrogens is 354 g/mol. The molecule has 1 fully saturated rings. The van der Waals surface area contributed by atoms with Crippen molar-refractivity contribution >= 4 is 23.6 Å². The Morgan fingerprint density at radius 2 is 2.12 bits per heavy atom. The molecule has 2 amide bonds. The molecule has 1 aromatic heterocycles. The largest absolute Gasteiger partial charge is 0.481 e. The summed E-state index contributed by atoms with van der Waals surface area (Å²) in [5, 5.41) is 12.8. The maximum Gasteiger partial charge on any atom is 0.318 e. The number of amides is 2. The molecule has 2 aromatic rings. The summed E-state index contributed by atoms with van der Waals surface area (Å²) in [4.78, 5) is 29.9. The lowest BCUT2D eigenvalue weighted by atomic mass is 9.98. The highest BCUT2D eigenvalue weighted by Gasteiger charge is 2.29. The van der Waals surface area contributed by atoms with E-state index in [1.165, 1.54) is 0 Å². The van der Waals surface area contributed by atoms with Gasteiger partial charge in [-0.2, -0.15) is 0 Å². The summed E-state index contributed by atoms with van der Waals surface area (Å²) >= 11 is 6.11. The number of hydrogen-bond acceptors (Lipinski definition) is 3. The van der Waals surface area contributed by atoms with E-state index in [-0.39, 0.29) is 12.6 Å². The van der Waals surface area contributed by atoms with Gasteiger partial charge in [-0.1, -0.05) is 29.8 Å². The molecule has 7 heteroatoms. The van der Waals surface area contributed by atoms with Gasteiger partial charge in [0.25, 0.3) is 0 Å². The Bertz CT molecular complexity index is 785. The zero-order valence-electron chi connectivity index (χ0n) is 14.1. The third-order valence-electron chi connectivity index (χ3n) is 4.49. The molecule has 1 saturated heterocycles. The summed E-state index contributed by atoms with van der Waals surface area (Å²) < 4.78 is 0. The Labute approximate surface area is 156 Å². The van der Waals surface area contributed by atoms with Gasteiger partial charge in [-0.15, -0.1) is 0 Å². The molecule has 0 saturated carbocycles. The zero-order chi connectivity index (χ0) is 18.5. The number of carboxylic acids is 1. The molecule has 0 bridgehead atoms. The van der Waals surface area contributed by atoms with Crippen LogP contribution in [0.15, 0.2) is 48.7 Å². The second-order valence-electron chi connectivity index (χ2n) is 6.32. The van der Waals surface area contributed by atoms with Crippen molar-refractivity contribution in [3.63, 3.8) is 0 Å². The molecule has 0 radical (unpaired) electrons. The van der Waals surface area contributed by atoms with Gasteiger partial charge in [0.15, 0.2) is 0 Å². The van der Waals surface area contributed by atoms with E-state index in [1.807, 2.05) is 30.3 Å². The first-order chi connectivity index (χ1) is 12.5. The summed E-state index contributed by atoms with van der Waals surface area (Å²) in [7, 11) is 0. The van der Waals surface area contributed by atoms with E-state index in [1.54, 1.807) is 23.2 Å². The fourth-order valence-electron chi connectivity index (χ4n) is 3.14. The smallest absolute Gasteiger partial charge is 0.318 e. The van der Waals surface area contributed by atoms with Crippen molar-refractivity contribution in [2.75, 3.05) is 13.1 Å². The predicted octanol–water partition coefficient (Wildman–Crippen LogP) is 3.33. The summed E-state index contributed by atoms with van der Waals surface area (Å²) in [6.45, 7) is 0.756. The number of carbonyl (C=O) groups is 2. The Balaban J connectivity index is 1.82. The number of aromatic nitrogens is 1. The molecule has 1 aliphatic heterocycles. The third kappa shape index (κ3) is 4.32. The van der Waals surface area contributed by atoms with Crippen LogP contribution in [0.1, 0.15) is 30.1 Å². The van der Waals surface area contributed by atoms with Crippen molar-refractivity contribution in [1.82, 2.24) is 15.2 Å². The lowest BCUT2D eigenvalue weighted by Gasteiger charge is -2.32. The van der Waals surface area contributed by atoms with Crippen LogP contribution in [0.25, 0.3) is 0 Å². The minimum atomic E-state index is -0.862. The number of halogens is 1. The first-order valence-corrected chi connectivity index (χ1v) is 8.87. The lowest BCUT2D eigenvalue weighted by molar-refractivity contribution is -0.143. The molecule has 0 aliphatic carbocycles. The second kappa shape index (κ2) is 8.19. The molecular formula is C19H20ClN3O3. The van der Waals surface area contributed by atoms with Gasteiger partial charge >= 0.3 is 12.0 Å². The molecule has 3 rings (SSSR count). The molecule has 1 aromatic carbocycles. The first-order valence-electron chi connectivity index (χ1n) is 8.49. The van der Waals surface area contributed by atoms with Crippen molar-refractivity contribution in [3.8, 4) is 0 Å². The van der Waals surface area contributed by atoms with Gasteiger partial charge in [0.2, 0.25) is 0 Å². The maximum absolute atomic E-state index is 12.8. The summed E-state index contributed by atoms with van der Waals surface area (Å²) in [6, 6.07) is 12.0. The van der Waals surface area contributed by atoms with E-state index in [0.717, 1.165) is 5.56 Å². The molecule has 2 heterocycles. The average Bonchev–Trinajstić information content (AvgIpc) is 2.66. The molecule has 2 atom stereocenters. The Morgan fingerprint density at radius 1 is 1.27 bits per heavy atom. The van der Waals surface area contributed by atoms with Crippen molar-refractivity contribution in [2.24, 2.45) is 5.92 Å². The number of pyridine rings is 1. The minimum absolute atomic E-state index is 0.214. The van der Waals surface area contributed by atoms with Crippen LogP contribution in [-0.4, -0.2) is 40.1 Å². The van der Waals surface area contributed by atoms with E-state index in [4.69, 9.17) is 11.6 Å². The number of nitrogens with zero attached hydrogens (tertiary/aromatic N) is 2.